The van der Waals surface area contributed by atoms with Crippen molar-refractivity contribution in [1.82, 2.24) is 0 Å². The lowest BCUT2D eigenvalue weighted by Crippen LogP contribution is -2.05. The van der Waals surface area contributed by atoms with Gasteiger partial charge < -0.3 is 0 Å². The van der Waals surface area contributed by atoms with E-state index in [-0.39, 0.29) is 0 Å². The summed E-state index contributed by atoms with van der Waals surface area (Å²) in [6, 6.07) is 0. The van der Waals surface area contributed by atoms with E-state index in [1.807, 2.05) is 6.08 Å². The standard InChI is InChI=1S/C11H18O/c1-4-5-6-7-10(12)9-8-11(9,2)3/h4,9H,1,5-8H2,2-3H3. The normalized spacial score (nSPS) is 25.0. The molecule has 0 heterocycles. The number of rotatable bonds is 5. The Kier molecular flexibility index (Phi) is 2.71. The van der Waals surface area contributed by atoms with Gasteiger partial charge in [-0.1, -0.05) is 19.9 Å². The van der Waals surface area contributed by atoms with Gasteiger partial charge in [0.05, 0.1) is 0 Å². The topological polar surface area (TPSA) is 17.1 Å². The van der Waals surface area contributed by atoms with E-state index in [1.165, 1.54) is 0 Å². The van der Waals surface area contributed by atoms with Crippen LogP contribution in [-0.4, -0.2) is 5.78 Å². The van der Waals surface area contributed by atoms with Crippen LogP contribution in [-0.2, 0) is 4.79 Å². The molecule has 1 aliphatic carbocycles. The molecule has 1 rings (SSSR count). The van der Waals surface area contributed by atoms with Crippen LogP contribution in [0, 0.1) is 11.3 Å². The molecule has 0 aliphatic heterocycles. The molecule has 1 unspecified atom stereocenters. The molecule has 68 valence electrons. The molecule has 1 nitrogen and oxygen atoms in total. The van der Waals surface area contributed by atoms with Gasteiger partial charge in [-0.05, 0) is 24.7 Å². The summed E-state index contributed by atoms with van der Waals surface area (Å²) in [4.78, 5) is 11.5. The van der Waals surface area contributed by atoms with Crippen LogP contribution >= 0.6 is 0 Å². The van der Waals surface area contributed by atoms with Crippen LogP contribution in [0.5, 0.6) is 0 Å². The molecule has 0 amide bonds. The van der Waals surface area contributed by atoms with Crippen molar-refractivity contribution in [2.75, 3.05) is 0 Å². The zero-order valence-electron chi connectivity index (χ0n) is 8.10. The third kappa shape index (κ3) is 2.20. The zero-order valence-corrected chi connectivity index (χ0v) is 8.10. The van der Waals surface area contributed by atoms with Crippen molar-refractivity contribution in [3.05, 3.63) is 12.7 Å². The average molecular weight is 166 g/mol. The Bertz CT molecular complexity index is 191. The fraction of sp³-hybridized carbons (Fsp3) is 0.727. The first kappa shape index (κ1) is 9.50. The molecule has 0 spiro atoms. The van der Waals surface area contributed by atoms with E-state index in [0.29, 0.717) is 17.1 Å². The molecule has 0 saturated heterocycles. The van der Waals surface area contributed by atoms with Crippen LogP contribution < -0.4 is 0 Å². The molecule has 1 atom stereocenters. The van der Waals surface area contributed by atoms with Gasteiger partial charge in [0.2, 0.25) is 0 Å². The smallest absolute Gasteiger partial charge is 0.136 e. The van der Waals surface area contributed by atoms with Crippen molar-refractivity contribution in [3.63, 3.8) is 0 Å². The van der Waals surface area contributed by atoms with Crippen molar-refractivity contribution in [2.45, 2.75) is 39.5 Å². The number of hydrogen-bond acceptors (Lipinski definition) is 1. The lowest BCUT2D eigenvalue weighted by Gasteiger charge is -2.01. The van der Waals surface area contributed by atoms with Gasteiger partial charge in [0, 0.05) is 12.3 Å². The molecule has 1 heteroatoms. The van der Waals surface area contributed by atoms with Crippen molar-refractivity contribution in [1.29, 1.82) is 0 Å². The zero-order chi connectivity index (χ0) is 9.19. The molecule has 0 aromatic carbocycles. The molecule has 0 bridgehead atoms. The highest BCUT2D eigenvalue weighted by atomic mass is 16.1. The first-order valence-electron chi connectivity index (χ1n) is 4.71. The second-order valence-electron chi connectivity index (χ2n) is 4.39. The maximum absolute atomic E-state index is 11.5. The minimum Gasteiger partial charge on any atom is -0.299 e. The number of allylic oxidation sites excluding steroid dienone is 1. The maximum atomic E-state index is 11.5. The van der Waals surface area contributed by atoms with E-state index >= 15 is 0 Å². The number of ketones is 1. The van der Waals surface area contributed by atoms with Gasteiger partial charge in [0.25, 0.3) is 0 Å². The summed E-state index contributed by atoms with van der Waals surface area (Å²) in [7, 11) is 0. The quantitative estimate of drug-likeness (QED) is 0.453. The summed E-state index contributed by atoms with van der Waals surface area (Å²) in [6.07, 6.45) is 5.68. The maximum Gasteiger partial charge on any atom is 0.136 e. The molecule has 1 fully saturated rings. The minimum absolute atomic E-state index is 0.311. The monoisotopic (exact) mass is 166 g/mol. The Labute approximate surface area is 74.9 Å². The highest BCUT2D eigenvalue weighted by molar-refractivity contribution is 5.84. The van der Waals surface area contributed by atoms with E-state index < -0.39 is 0 Å². The second-order valence-corrected chi connectivity index (χ2v) is 4.39. The number of unbranched alkanes of at least 4 members (excludes halogenated alkanes) is 1. The highest BCUT2D eigenvalue weighted by Gasteiger charge is 2.49. The van der Waals surface area contributed by atoms with Gasteiger partial charge in [0.1, 0.15) is 5.78 Å². The van der Waals surface area contributed by atoms with E-state index in [4.69, 9.17) is 0 Å². The van der Waals surface area contributed by atoms with Crippen LogP contribution in [0.25, 0.3) is 0 Å². The van der Waals surface area contributed by atoms with Crippen LogP contribution in [0.15, 0.2) is 12.7 Å². The number of carbonyl (C=O) groups excluding carboxylic acids is 1. The second kappa shape index (κ2) is 3.42. The number of carbonyl (C=O) groups is 1. The van der Waals surface area contributed by atoms with Crippen molar-refractivity contribution in [3.8, 4) is 0 Å². The van der Waals surface area contributed by atoms with Gasteiger partial charge in [0.15, 0.2) is 0 Å². The lowest BCUT2D eigenvalue weighted by molar-refractivity contribution is -0.121. The molecular weight excluding hydrogens is 148 g/mol. The number of Topliss-reactive ketones (excluding diaryl/α,β-unsaturated/α-hetero) is 1. The van der Waals surface area contributed by atoms with Crippen LogP contribution in [0.3, 0.4) is 0 Å². The SMILES string of the molecule is C=CCCCC(=O)C1CC1(C)C. The first-order chi connectivity index (χ1) is 5.58. The van der Waals surface area contributed by atoms with Gasteiger partial charge in [-0.25, -0.2) is 0 Å². The predicted octanol–water partition coefficient (Wildman–Crippen LogP) is 2.96. The van der Waals surface area contributed by atoms with Gasteiger partial charge in [-0.3, -0.25) is 4.79 Å². The summed E-state index contributed by atoms with van der Waals surface area (Å²) in [5.74, 6) is 0.823. The molecular formula is C11H18O. The lowest BCUT2D eigenvalue weighted by atomic mass is 10.0. The fourth-order valence-electron chi connectivity index (χ4n) is 1.61. The summed E-state index contributed by atoms with van der Waals surface area (Å²) in [5.41, 5.74) is 0.311. The van der Waals surface area contributed by atoms with Gasteiger partial charge in [-0.2, -0.15) is 0 Å². The third-order valence-electron chi connectivity index (χ3n) is 2.73. The summed E-state index contributed by atoms with van der Waals surface area (Å²) < 4.78 is 0. The summed E-state index contributed by atoms with van der Waals surface area (Å²) in [5, 5.41) is 0. The van der Waals surface area contributed by atoms with Crippen LogP contribution in [0.1, 0.15) is 39.5 Å². The highest BCUT2D eigenvalue weighted by Crippen LogP contribution is 2.52. The van der Waals surface area contributed by atoms with E-state index in [9.17, 15) is 4.79 Å². The molecule has 0 aromatic heterocycles. The van der Waals surface area contributed by atoms with Gasteiger partial charge >= 0.3 is 0 Å². The molecule has 1 saturated carbocycles. The molecule has 12 heavy (non-hydrogen) atoms. The fourth-order valence-corrected chi connectivity index (χ4v) is 1.61. The molecule has 0 aromatic rings. The average Bonchev–Trinajstić information content (AvgIpc) is 2.60. The Morgan fingerprint density at radius 3 is 2.67 bits per heavy atom. The molecule has 1 aliphatic rings. The van der Waals surface area contributed by atoms with Gasteiger partial charge in [-0.15, -0.1) is 6.58 Å². The number of hydrogen-bond donors (Lipinski definition) is 0. The Morgan fingerprint density at radius 1 is 1.67 bits per heavy atom. The van der Waals surface area contributed by atoms with E-state index in [0.717, 1.165) is 25.7 Å². The van der Waals surface area contributed by atoms with Crippen molar-refractivity contribution >= 4 is 5.78 Å². The Balaban J connectivity index is 2.18. The predicted molar refractivity (Wildman–Crippen MR) is 50.9 cm³/mol. The summed E-state index contributed by atoms with van der Waals surface area (Å²) in [6.45, 7) is 7.97. The van der Waals surface area contributed by atoms with E-state index in [2.05, 4.69) is 20.4 Å². The summed E-state index contributed by atoms with van der Waals surface area (Å²) >= 11 is 0. The van der Waals surface area contributed by atoms with E-state index in [1.54, 1.807) is 0 Å². The largest absolute Gasteiger partial charge is 0.299 e. The van der Waals surface area contributed by atoms with Crippen molar-refractivity contribution < 1.29 is 4.79 Å². The Hall–Kier alpha value is -0.590. The van der Waals surface area contributed by atoms with Crippen molar-refractivity contribution in [2.24, 2.45) is 11.3 Å². The third-order valence-corrected chi connectivity index (χ3v) is 2.73. The molecule has 0 N–H and O–H groups in total. The molecule has 0 radical (unpaired) electrons. The van der Waals surface area contributed by atoms with Crippen LogP contribution in [0.4, 0.5) is 0 Å². The Morgan fingerprint density at radius 2 is 2.25 bits per heavy atom. The van der Waals surface area contributed by atoms with Crippen LogP contribution in [0.2, 0.25) is 0 Å². The minimum atomic E-state index is 0.311. The first-order valence-corrected chi connectivity index (χ1v) is 4.71.